The topological polar surface area (TPSA) is 105 Å². The van der Waals surface area contributed by atoms with E-state index < -0.39 is 9.84 Å². The molecule has 0 amide bonds. The van der Waals surface area contributed by atoms with Crippen molar-refractivity contribution in [1.82, 2.24) is 15.0 Å². The summed E-state index contributed by atoms with van der Waals surface area (Å²) in [6.07, 6.45) is 2.48. The lowest BCUT2D eigenvalue weighted by Crippen LogP contribution is -2.37. The van der Waals surface area contributed by atoms with Crippen molar-refractivity contribution >= 4 is 32.5 Å². The summed E-state index contributed by atoms with van der Waals surface area (Å²) in [7, 11) is -3.75. The average molecular weight is 329 g/mol. The van der Waals surface area contributed by atoms with Crippen molar-refractivity contribution in [1.29, 1.82) is 0 Å². The Morgan fingerprint density at radius 1 is 1.13 bits per heavy atom. The molecule has 0 unspecified atom stereocenters. The van der Waals surface area contributed by atoms with E-state index in [9.17, 15) is 8.42 Å². The Bertz CT molecular complexity index is 978. The predicted octanol–water partition coefficient (Wildman–Crippen LogP) is 1.58. The monoisotopic (exact) mass is 329 g/mol. The van der Waals surface area contributed by atoms with Crippen LogP contribution in [0, 0.1) is 0 Å². The number of sulfone groups is 1. The molecule has 3 N–H and O–H groups in total. The zero-order valence-electron chi connectivity index (χ0n) is 12.2. The van der Waals surface area contributed by atoms with Gasteiger partial charge in [-0.15, -0.1) is 0 Å². The predicted molar refractivity (Wildman–Crippen MR) is 87.0 cm³/mol. The highest BCUT2D eigenvalue weighted by atomic mass is 32.2. The second kappa shape index (κ2) is 4.95. The Morgan fingerprint density at radius 2 is 1.87 bits per heavy atom. The lowest BCUT2D eigenvalue weighted by atomic mass is 10.2. The molecule has 0 radical (unpaired) electrons. The minimum absolute atomic E-state index is 0.0165. The molecule has 2 aromatic heterocycles. The van der Waals surface area contributed by atoms with Gasteiger partial charge in [-0.1, -0.05) is 18.2 Å². The molecule has 4 rings (SSSR count). The number of fused-ring (bicyclic) bond motifs is 1. The zero-order valence-corrected chi connectivity index (χ0v) is 13.0. The molecule has 3 heterocycles. The normalized spacial score (nSPS) is 14.9. The highest BCUT2D eigenvalue weighted by Crippen LogP contribution is 2.35. The van der Waals surface area contributed by atoms with Crippen molar-refractivity contribution in [2.75, 3.05) is 23.7 Å². The fourth-order valence-electron chi connectivity index (χ4n) is 2.74. The van der Waals surface area contributed by atoms with Crippen LogP contribution in [0.1, 0.15) is 6.42 Å². The van der Waals surface area contributed by atoms with E-state index in [-0.39, 0.29) is 15.6 Å². The molecule has 1 saturated heterocycles. The van der Waals surface area contributed by atoms with Gasteiger partial charge in [0.25, 0.3) is 0 Å². The summed E-state index contributed by atoms with van der Waals surface area (Å²) >= 11 is 0. The maximum Gasteiger partial charge on any atom is 0.212 e. The molecular weight excluding hydrogens is 314 g/mol. The molecule has 3 aromatic rings. The van der Waals surface area contributed by atoms with Crippen molar-refractivity contribution in [2.24, 2.45) is 0 Å². The van der Waals surface area contributed by atoms with Crippen LogP contribution in [0.2, 0.25) is 0 Å². The third-order valence-corrected chi connectivity index (χ3v) is 5.87. The molecule has 23 heavy (non-hydrogen) atoms. The smallest absolute Gasteiger partial charge is 0.212 e. The van der Waals surface area contributed by atoms with Crippen molar-refractivity contribution in [3.8, 4) is 0 Å². The van der Waals surface area contributed by atoms with Gasteiger partial charge in [0, 0.05) is 13.1 Å². The van der Waals surface area contributed by atoms with Crippen LogP contribution < -0.4 is 10.6 Å². The number of anilines is 2. The first-order valence-electron chi connectivity index (χ1n) is 7.26. The molecule has 118 valence electrons. The number of aromatic amines is 1. The number of hydrogen-bond donors (Lipinski definition) is 2. The Kier molecular flexibility index (Phi) is 3.02. The van der Waals surface area contributed by atoms with Gasteiger partial charge in [-0.25, -0.2) is 18.4 Å². The molecule has 1 fully saturated rings. The van der Waals surface area contributed by atoms with Gasteiger partial charge in [0.15, 0.2) is 5.82 Å². The minimum atomic E-state index is -3.75. The summed E-state index contributed by atoms with van der Waals surface area (Å²) in [5, 5.41) is 0. The van der Waals surface area contributed by atoms with Gasteiger partial charge in [-0.2, -0.15) is 0 Å². The summed E-state index contributed by atoms with van der Waals surface area (Å²) in [6.45, 7) is 1.79. The van der Waals surface area contributed by atoms with Crippen LogP contribution in [-0.2, 0) is 9.84 Å². The summed E-state index contributed by atoms with van der Waals surface area (Å²) in [6, 6.07) is 8.22. The Balaban J connectivity index is 1.96. The summed E-state index contributed by atoms with van der Waals surface area (Å²) < 4.78 is 25.8. The van der Waals surface area contributed by atoms with Crippen molar-refractivity contribution in [3.63, 3.8) is 0 Å². The van der Waals surface area contributed by atoms with Crippen LogP contribution in [0.4, 0.5) is 11.6 Å². The molecule has 1 aliphatic rings. The lowest BCUT2D eigenvalue weighted by molar-refractivity contribution is 0.597. The maximum absolute atomic E-state index is 12.9. The van der Waals surface area contributed by atoms with Crippen LogP contribution in [0.25, 0.3) is 11.0 Å². The summed E-state index contributed by atoms with van der Waals surface area (Å²) in [5.41, 5.74) is 6.89. The van der Waals surface area contributed by atoms with Crippen molar-refractivity contribution in [3.05, 3.63) is 36.7 Å². The van der Waals surface area contributed by atoms with E-state index in [1.165, 1.54) is 6.33 Å². The van der Waals surface area contributed by atoms with E-state index in [4.69, 9.17) is 5.73 Å². The molecule has 7 nitrogen and oxygen atoms in total. The maximum atomic E-state index is 12.9. The number of rotatable bonds is 3. The standard InChI is InChI=1S/C15H15N5O2S/c16-14-13(23(21,22)10-5-2-1-3-6-10)11-12(19-14)15(18-9-17-11)20-7-4-8-20/h1-3,5-6,9,19H,4,7-8,16H2. The second-order valence-electron chi connectivity index (χ2n) is 5.45. The van der Waals surface area contributed by atoms with Crippen molar-refractivity contribution in [2.45, 2.75) is 16.2 Å². The number of H-pyrrole nitrogens is 1. The van der Waals surface area contributed by atoms with E-state index in [2.05, 4.69) is 19.9 Å². The molecular formula is C15H15N5O2S. The molecule has 0 atom stereocenters. The van der Waals surface area contributed by atoms with Crippen LogP contribution in [0.3, 0.4) is 0 Å². The quantitative estimate of drug-likeness (QED) is 0.756. The van der Waals surface area contributed by atoms with Crippen LogP contribution in [-0.4, -0.2) is 36.5 Å². The number of nitrogens with two attached hydrogens (primary N) is 1. The second-order valence-corrected chi connectivity index (χ2v) is 7.33. The fourth-order valence-corrected chi connectivity index (χ4v) is 4.24. The fraction of sp³-hybridized carbons (Fsp3) is 0.200. The molecule has 0 spiro atoms. The molecule has 1 aliphatic heterocycles. The minimum Gasteiger partial charge on any atom is -0.384 e. The van der Waals surface area contributed by atoms with E-state index in [1.807, 2.05) is 0 Å². The molecule has 1 aromatic carbocycles. The molecule has 0 saturated carbocycles. The average Bonchev–Trinajstić information content (AvgIpc) is 2.84. The van der Waals surface area contributed by atoms with Gasteiger partial charge in [-0.3, -0.25) is 0 Å². The first-order chi connectivity index (χ1) is 11.1. The van der Waals surface area contributed by atoms with E-state index >= 15 is 0 Å². The van der Waals surface area contributed by atoms with Gasteiger partial charge in [-0.05, 0) is 18.6 Å². The van der Waals surface area contributed by atoms with Gasteiger partial charge < -0.3 is 15.6 Å². The highest BCUT2D eigenvalue weighted by Gasteiger charge is 2.29. The van der Waals surface area contributed by atoms with Gasteiger partial charge >= 0.3 is 0 Å². The van der Waals surface area contributed by atoms with Crippen molar-refractivity contribution < 1.29 is 8.42 Å². The van der Waals surface area contributed by atoms with Crippen LogP contribution in [0.5, 0.6) is 0 Å². The number of nitrogens with one attached hydrogen (secondary N) is 1. The van der Waals surface area contributed by atoms with E-state index in [1.54, 1.807) is 30.3 Å². The summed E-state index contributed by atoms with van der Waals surface area (Å²) in [4.78, 5) is 13.7. The molecule has 0 aliphatic carbocycles. The highest BCUT2D eigenvalue weighted by molar-refractivity contribution is 7.92. The van der Waals surface area contributed by atoms with E-state index in [0.29, 0.717) is 16.9 Å². The number of benzene rings is 1. The SMILES string of the molecule is Nc1[nH]c2c(N3CCC3)ncnc2c1S(=O)(=O)c1ccccc1. The summed E-state index contributed by atoms with van der Waals surface area (Å²) in [5.74, 6) is 0.786. The molecule has 0 bridgehead atoms. The number of aromatic nitrogens is 3. The van der Waals surface area contributed by atoms with Gasteiger partial charge in [0.05, 0.1) is 4.90 Å². The largest absolute Gasteiger partial charge is 0.384 e. The number of nitrogens with zero attached hydrogens (tertiary/aromatic N) is 3. The Hall–Kier alpha value is -2.61. The van der Waals surface area contributed by atoms with Gasteiger partial charge in [0.1, 0.15) is 28.1 Å². The Labute approximate surface area is 133 Å². The van der Waals surface area contributed by atoms with Crippen LogP contribution in [0.15, 0.2) is 46.5 Å². The number of nitrogen functional groups attached to an aromatic ring is 1. The zero-order chi connectivity index (χ0) is 16.0. The third-order valence-electron chi connectivity index (χ3n) is 4.02. The Morgan fingerprint density at radius 3 is 2.52 bits per heavy atom. The molecule has 8 heteroatoms. The van der Waals surface area contributed by atoms with E-state index in [0.717, 1.165) is 19.5 Å². The third kappa shape index (κ3) is 2.06. The first kappa shape index (κ1) is 14.0. The lowest BCUT2D eigenvalue weighted by Gasteiger charge is -2.31. The number of hydrogen-bond acceptors (Lipinski definition) is 6. The van der Waals surface area contributed by atoms with Crippen LogP contribution >= 0.6 is 0 Å². The first-order valence-corrected chi connectivity index (χ1v) is 8.74. The van der Waals surface area contributed by atoms with Gasteiger partial charge in [0.2, 0.25) is 9.84 Å².